The highest BCUT2D eigenvalue weighted by Crippen LogP contribution is 2.33. The summed E-state index contributed by atoms with van der Waals surface area (Å²) < 4.78 is 58.0. The second-order valence-corrected chi connectivity index (χ2v) is 36.5. The van der Waals surface area contributed by atoms with E-state index >= 15 is 0 Å². The second kappa shape index (κ2) is 75.7. The standard InChI is InChI=1S/C58H95N7O13S.C15H30N2O5S2.C11H21NO7.C7H16O4/c1-13-26-65(55(70)51(38(9)15-3)63-53(69)46-19-17-18-27-64(46)11)47(36(5)6)32-48(76-28-14-2)54-61-45(35-79-54)52(68)60-42(29-39(10)56(71)72)30-41-20-22-43(23-21-41)78-57(73)50(37(7)8)62-49(67)24-25-59-58(74)77-34-44(75-12)31-40(16-4)33-66;1-4-12(10-18)9-13(21-2)11-22-15(20)17-6-5-14(19)16-7-8-24-23-3;1-3-8(6-13)19-10(17-2)7-18-11(16)12-5-4-9(14)15;1-3-6(4-8)11-7(5-9)10-2/h20-23,35-40,42,44,46-48,50-51,66H,13-19,24-34H2,1-12H3,(H,59,74)(H,60,68)(H,62,67)(H,63,69)(H,71,72);12-13,18H,4-11H2,1-3H3,(H,16,19)(H,17,20);8,10,13H,3-7H2,1-2H3,(H,12,16)(H,14,15);6-9H,3-5H2,1-2H3/t38-,39-,40?,42+,44?,46+,47+,48+,50+,51-;;;/m0.../s1. The molecular weight excluding hydrogens is 1790 g/mol. The number of methoxy groups -OCH3 is 4. The smallest absolute Gasteiger partial charge is 0.407 e. The Labute approximate surface area is 799 Å². The zero-order valence-electron chi connectivity index (χ0n) is 82.0. The zero-order valence-corrected chi connectivity index (χ0v) is 84.4. The number of carboxylic acid groups (broad SMARTS) is 2. The summed E-state index contributed by atoms with van der Waals surface area (Å²) in [7, 11) is 11.2. The number of thiazole rings is 1. The van der Waals surface area contributed by atoms with Gasteiger partial charge in [0.05, 0.1) is 62.6 Å². The molecular formula is C91H162N10O29S3. The third-order valence-corrected chi connectivity index (χ3v) is 24.6. The van der Waals surface area contributed by atoms with Crippen molar-refractivity contribution in [3.8, 4) is 5.75 Å². The summed E-state index contributed by atoms with van der Waals surface area (Å²) in [6.07, 6.45) is 6.33. The van der Waals surface area contributed by atoms with Gasteiger partial charge in [0, 0.05) is 123 Å². The molecule has 39 nitrogen and oxygen atoms in total. The first-order valence-electron chi connectivity index (χ1n) is 46.3. The Balaban J connectivity index is 0.00000258. The normalized spacial score (nSPS) is 15.9. The first-order valence-corrected chi connectivity index (χ1v) is 49.9. The van der Waals surface area contributed by atoms with Crippen LogP contribution in [0.5, 0.6) is 5.75 Å². The molecule has 2 heterocycles. The molecule has 0 bridgehead atoms. The Kier molecular flexibility index (Phi) is 71.5. The fraction of sp³-hybridized carbons (Fsp3) is 0.780. The number of esters is 1. The van der Waals surface area contributed by atoms with Gasteiger partial charge < -0.3 is 130 Å². The van der Waals surface area contributed by atoms with Crippen LogP contribution < -0.4 is 42.0 Å². The summed E-state index contributed by atoms with van der Waals surface area (Å²) in [4.78, 5) is 147. The van der Waals surface area contributed by atoms with Gasteiger partial charge in [-0.2, -0.15) is 0 Å². The van der Waals surface area contributed by atoms with Crippen molar-refractivity contribution in [2.45, 2.75) is 279 Å². The molecule has 14 N–H and O–H groups in total. The lowest BCUT2D eigenvalue weighted by Gasteiger charge is -2.40. The first-order chi connectivity index (χ1) is 63.5. The van der Waals surface area contributed by atoms with Crippen molar-refractivity contribution in [2.24, 2.45) is 35.5 Å². The summed E-state index contributed by atoms with van der Waals surface area (Å²) in [5, 5.41) is 84.5. The molecule has 1 aromatic heterocycles. The Bertz CT molecular complexity index is 3480. The number of aliphatic carboxylic acids is 2. The summed E-state index contributed by atoms with van der Waals surface area (Å²) in [6.45, 7) is 27.2. The Morgan fingerprint density at radius 2 is 1.13 bits per heavy atom. The number of rotatable bonds is 66. The van der Waals surface area contributed by atoms with Crippen molar-refractivity contribution in [1.82, 2.24) is 52.0 Å². The Hall–Kier alpha value is -7.40. The average molecular weight is 1960 g/mol. The number of hydrogen-bond donors (Lipinski definition) is 14. The van der Waals surface area contributed by atoms with Gasteiger partial charge in [0.2, 0.25) is 23.6 Å². The second-order valence-electron chi connectivity index (χ2n) is 32.9. The van der Waals surface area contributed by atoms with E-state index in [-0.39, 0.29) is 194 Å². The van der Waals surface area contributed by atoms with Gasteiger partial charge in [0.25, 0.3) is 5.91 Å². The average Bonchev–Trinajstić information content (AvgIpc) is 1.80. The van der Waals surface area contributed by atoms with E-state index in [1.54, 1.807) is 79.1 Å². The third-order valence-electron chi connectivity index (χ3n) is 21.9. The molecule has 0 saturated carbocycles. The van der Waals surface area contributed by atoms with Crippen molar-refractivity contribution in [3.05, 3.63) is 45.9 Å². The van der Waals surface area contributed by atoms with E-state index in [0.29, 0.717) is 69.6 Å². The van der Waals surface area contributed by atoms with Gasteiger partial charge in [-0.1, -0.05) is 149 Å². The summed E-state index contributed by atoms with van der Waals surface area (Å²) in [6, 6.07) is 3.69. The summed E-state index contributed by atoms with van der Waals surface area (Å²) in [5.41, 5.74) is 0.873. The number of aromatic nitrogens is 1. The van der Waals surface area contributed by atoms with Crippen molar-refractivity contribution in [3.63, 3.8) is 0 Å². The number of carbonyl (C=O) groups excluding carboxylic acids is 9. The van der Waals surface area contributed by atoms with Crippen LogP contribution in [0.1, 0.15) is 226 Å². The van der Waals surface area contributed by atoms with E-state index in [2.05, 4.69) is 56.0 Å². The molecule has 0 radical (unpaired) electrons. The molecule has 768 valence electrons. The fourth-order valence-corrected chi connectivity index (χ4v) is 15.2. The molecule has 8 unspecified atom stereocenters. The van der Waals surface area contributed by atoms with E-state index in [1.165, 1.54) is 32.7 Å². The minimum absolute atomic E-state index is 0.00108. The molecule has 133 heavy (non-hydrogen) atoms. The number of amides is 8. The molecule has 0 spiro atoms. The van der Waals surface area contributed by atoms with Crippen LogP contribution in [0.4, 0.5) is 14.4 Å². The molecule has 1 aliphatic rings. The number of carbonyl (C=O) groups is 11. The van der Waals surface area contributed by atoms with Gasteiger partial charge in [-0.25, -0.2) is 24.2 Å². The number of carboxylic acids is 2. The van der Waals surface area contributed by atoms with Gasteiger partial charge in [-0.3, -0.25) is 38.5 Å². The van der Waals surface area contributed by atoms with Crippen LogP contribution in [0.2, 0.25) is 0 Å². The maximum atomic E-state index is 14.8. The monoisotopic (exact) mass is 1960 g/mol. The van der Waals surface area contributed by atoms with Crippen LogP contribution >= 0.6 is 32.9 Å². The van der Waals surface area contributed by atoms with E-state index in [4.69, 9.17) is 77.5 Å². The van der Waals surface area contributed by atoms with Crippen LogP contribution in [0.25, 0.3) is 0 Å². The topological polar surface area (TPSA) is 534 Å². The van der Waals surface area contributed by atoms with Crippen LogP contribution in [-0.2, 0) is 87.4 Å². The highest BCUT2D eigenvalue weighted by Gasteiger charge is 2.39. The lowest BCUT2D eigenvalue weighted by atomic mass is 9.92. The van der Waals surface area contributed by atoms with Crippen LogP contribution in [0.3, 0.4) is 0 Å². The molecule has 8 amide bonds. The van der Waals surface area contributed by atoms with E-state index in [1.807, 2.05) is 73.6 Å². The van der Waals surface area contributed by atoms with Crippen molar-refractivity contribution in [2.75, 3.05) is 146 Å². The predicted molar refractivity (Wildman–Crippen MR) is 507 cm³/mol. The maximum absolute atomic E-state index is 14.8. The van der Waals surface area contributed by atoms with Crippen molar-refractivity contribution >= 4 is 98.6 Å². The van der Waals surface area contributed by atoms with Gasteiger partial charge in [-0.15, -0.1) is 11.3 Å². The van der Waals surface area contributed by atoms with Gasteiger partial charge >= 0.3 is 36.2 Å². The Morgan fingerprint density at radius 3 is 1.59 bits per heavy atom. The molecule has 1 saturated heterocycles. The zero-order chi connectivity index (χ0) is 100. The minimum atomic E-state index is -1.02. The van der Waals surface area contributed by atoms with Crippen LogP contribution in [0, 0.1) is 35.5 Å². The first kappa shape index (κ1) is 126. The maximum Gasteiger partial charge on any atom is 0.407 e. The van der Waals surface area contributed by atoms with Gasteiger partial charge in [-0.05, 0) is 131 Å². The molecule has 3 rings (SSSR count). The number of likely N-dealkylation sites (N-methyl/N-ethyl adjacent to an activating group) is 1. The summed E-state index contributed by atoms with van der Waals surface area (Å²) >= 11 is 1.29. The quantitative estimate of drug-likeness (QED) is 0.00735. The van der Waals surface area contributed by atoms with Crippen molar-refractivity contribution in [1.29, 1.82) is 0 Å². The number of aliphatic hydroxyl groups is 5. The Morgan fingerprint density at radius 1 is 0.579 bits per heavy atom. The summed E-state index contributed by atoms with van der Waals surface area (Å²) in [5.74, 6) is -4.07. The number of hydrogen-bond acceptors (Lipinski definition) is 32. The minimum Gasteiger partial charge on any atom is -0.481 e. The van der Waals surface area contributed by atoms with Crippen LogP contribution in [-0.4, -0.2) is 330 Å². The highest BCUT2D eigenvalue weighted by atomic mass is 33.1. The number of alkyl carbamates (subject to hydrolysis) is 3. The SMILES string of the molecule is CCC(CO)CC(COC(=O)NCCC(=O)NCCSSC)OC.CCC(CO)OC(CO)OC.CCC(CO)OC(COC(=O)NCCC(=O)O)OC.CCCO[C@H](C[C@H](C(C)C)N(CCC)C(=O)[C@@H](NC(=O)[C@H]1CCCCN1C)[C@@H](C)CC)c1nc(C(=O)N[C@@H](Cc2ccc(OC(=O)[C@H](NC(=O)CCNC(=O)OCC(CC(CC)CO)OC)C(C)C)cc2)C[C@H](C)C(=O)O)cs1. The molecule has 1 aromatic carbocycles. The molecule has 16 atom stereocenters. The number of ether oxygens (including phenoxy) is 11. The largest absolute Gasteiger partial charge is 0.481 e. The highest BCUT2D eigenvalue weighted by molar-refractivity contribution is 8.76. The number of aliphatic hydroxyl groups excluding tert-OH is 5. The fourth-order valence-electron chi connectivity index (χ4n) is 13.2. The number of benzene rings is 1. The molecule has 1 fully saturated rings. The molecule has 1 aliphatic heterocycles. The number of likely N-dealkylation sites (tertiary alicyclic amines) is 1. The van der Waals surface area contributed by atoms with Crippen molar-refractivity contribution < 1.29 is 141 Å². The lowest BCUT2D eigenvalue weighted by molar-refractivity contribution is -0.181. The van der Waals surface area contributed by atoms with E-state index in [0.717, 1.165) is 56.4 Å². The number of nitrogens with zero attached hydrogens (tertiary/aromatic N) is 3. The van der Waals surface area contributed by atoms with Gasteiger partial charge in [0.1, 0.15) is 54.5 Å². The predicted octanol–water partition coefficient (Wildman–Crippen LogP) is 8.66. The van der Waals surface area contributed by atoms with Crippen LogP contribution in [0.15, 0.2) is 29.6 Å². The molecule has 0 aliphatic carbocycles. The molecule has 42 heteroatoms. The van der Waals surface area contributed by atoms with E-state index < -0.39 is 96.8 Å². The van der Waals surface area contributed by atoms with Gasteiger partial charge in [0.15, 0.2) is 12.6 Å². The van der Waals surface area contributed by atoms with E-state index in [9.17, 15) is 68.1 Å². The number of piperidine rings is 1. The molecule has 2 aromatic rings. The number of nitrogens with one attached hydrogen (secondary N) is 7. The third kappa shape index (κ3) is 55.0. The lowest BCUT2D eigenvalue weighted by Crippen LogP contribution is -2.58.